The summed E-state index contributed by atoms with van der Waals surface area (Å²) >= 11 is 6.06. The molecular formula is C28H19ClF5N4O5+. The molecular weight excluding hydrogens is 603 g/mol. The molecule has 2 amide bonds. The van der Waals surface area contributed by atoms with Gasteiger partial charge in [0.2, 0.25) is 17.4 Å². The molecule has 2 aliphatic rings. The highest BCUT2D eigenvalue weighted by Gasteiger charge is 2.52. The van der Waals surface area contributed by atoms with E-state index in [1.54, 1.807) is 0 Å². The fourth-order valence-corrected chi connectivity index (χ4v) is 5.01. The van der Waals surface area contributed by atoms with Crippen molar-refractivity contribution >= 4 is 52.8 Å². The summed E-state index contributed by atoms with van der Waals surface area (Å²) in [6.07, 6.45) is -4.70. The fraction of sp³-hybridized carbons (Fsp3) is 0.179. The molecule has 0 aromatic heterocycles. The van der Waals surface area contributed by atoms with Crippen molar-refractivity contribution in [3.63, 3.8) is 0 Å². The number of carbonyl (C=O) groups excluding carboxylic acids is 4. The first kappa shape index (κ1) is 29.8. The molecule has 43 heavy (non-hydrogen) atoms. The molecule has 1 unspecified atom stereocenters. The summed E-state index contributed by atoms with van der Waals surface area (Å²) in [4.78, 5) is 57.6. The first-order valence-corrected chi connectivity index (χ1v) is 12.9. The van der Waals surface area contributed by atoms with Gasteiger partial charge >= 0.3 is 12.1 Å². The van der Waals surface area contributed by atoms with Crippen molar-refractivity contribution in [2.45, 2.75) is 12.7 Å². The van der Waals surface area contributed by atoms with Gasteiger partial charge in [0.05, 0.1) is 21.8 Å². The number of quaternary nitrogens is 1. The van der Waals surface area contributed by atoms with Gasteiger partial charge in [-0.2, -0.15) is 13.2 Å². The lowest BCUT2D eigenvalue weighted by molar-refractivity contribution is -0.237. The zero-order valence-corrected chi connectivity index (χ0v) is 22.5. The Morgan fingerprint density at radius 1 is 1.00 bits per heavy atom. The molecule has 3 aromatic rings. The summed E-state index contributed by atoms with van der Waals surface area (Å²) in [6.45, 7) is -1.22. The number of piperazine rings is 1. The number of anilines is 1. The van der Waals surface area contributed by atoms with Crippen LogP contribution in [0.3, 0.4) is 0 Å². The molecule has 9 nitrogen and oxygen atoms in total. The van der Waals surface area contributed by atoms with Crippen LogP contribution < -0.4 is 9.66 Å². The van der Waals surface area contributed by atoms with Crippen LogP contribution in [0.4, 0.5) is 33.3 Å². The molecule has 0 bridgehead atoms. The van der Waals surface area contributed by atoms with Gasteiger partial charge < -0.3 is 9.80 Å². The molecule has 0 aliphatic carbocycles. The molecule has 5 rings (SSSR count). The number of alkyl halides is 3. The van der Waals surface area contributed by atoms with Crippen molar-refractivity contribution in [3.8, 4) is 0 Å². The number of hydrogen-bond acceptors (Lipinski definition) is 6. The van der Waals surface area contributed by atoms with Crippen LogP contribution in [0.25, 0.3) is 0 Å². The maximum absolute atomic E-state index is 14.9. The number of Topliss-reactive ketones (excluding diaryl/α,β-unsaturated/α-hetero) is 1. The number of hydrogen-bond donors (Lipinski definition) is 0. The molecule has 1 saturated heterocycles. The van der Waals surface area contributed by atoms with Gasteiger partial charge in [0.1, 0.15) is 24.4 Å². The van der Waals surface area contributed by atoms with E-state index in [-0.39, 0.29) is 40.6 Å². The summed E-state index contributed by atoms with van der Waals surface area (Å²) < 4.78 is 66.6. The van der Waals surface area contributed by atoms with Crippen LogP contribution >= 0.6 is 11.6 Å². The molecule has 0 saturated carbocycles. The van der Waals surface area contributed by atoms with E-state index in [9.17, 15) is 41.1 Å². The molecule has 1 atom stereocenters. The zero-order chi connectivity index (χ0) is 31.1. The smallest absolute Gasteiger partial charge is 0.327 e. The Hall–Kier alpha value is -4.69. The van der Waals surface area contributed by atoms with Crippen LogP contribution in [0.1, 0.15) is 26.3 Å². The van der Waals surface area contributed by atoms with Gasteiger partial charge in [0, 0.05) is 29.5 Å². The monoisotopic (exact) mass is 621 g/mol. The molecule has 1 fully saturated rings. The predicted octanol–water partition coefficient (Wildman–Crippen LogP) is 4.82. The number of halogens is 6. The predicted molar refractivity (Wildman–Crippen MR) is 143 cm³/mol. The largest absolute Gasteiger partial charge is 0.497 e. The summed E-state index contributed by atoms with van der Waals surface area (Å²) in [5.74, 6) is -6.29. The topological polar surface area (TPSA) is 96.4 Å². The van der Waals surface area contributed by atoms with Crippen molar-refractivity contribution in [3.05, 3.63) is 94.0 Å². The van der Waals surface area contributed by atoms with Gasteiger partial charge in [-0.1, -0.05) is 29.8 Å². The van der Waals surface area contributed by atoms with E-state index in [2.05, 4.69) is 5.10 Å². The number of amides is 2. The molecule has 3 aromatic carbocycles. The quantitative estimate of drug-likeness (QED) is 0.301. The lowest BCUT2D eigenvalue weighted by Crippen LogP contribution is -2.52. The van der Waals surface area contributed by atoms with E-state index < -0.39 is 64.8 Å². The Labute approximate surface area is 244 Å². The third-order valence-corrected chi connectivity index (χ3v) is 7.04. The third kappa shape index (κ3) is 5.83. The van der Waals surface area contributed by atoms with Gasteiger partial charge in [-0.3, -0.25) is 14.4 Å². The van der Waals surface area contributed by atoms with Gasteiger partial charge in [-0.05, 0) is 41.5 Å². The van der Waals surface area contributed by atoms with Crippen LogP contribution in [-0.4, -0.2) is 60.5 Å². The summed E-state index contributed by atoms with van der Waals surface area (Å²) in [5.41, 5.74) is -0.528. The second-order valence-corrected chi connectivity index (χ2v) is 9.95. The van der Waals surface area contributed by atoms with Crippen LogP contribution in [0, 0.1) is 11.6 Å². The number of ketones is 1. The number of nitrogens with zero attached hydrogens (tertiary/aromatic N) is 4. The second-order valence-electron chi connectivity index (χ2n) is 9.54. The first-order chi connectivity index (χ1) is 20.3. The number of rotatable bonds is 5. The lowest BCUT2D eigenvalue weighted by Gasteiger charge is -2.35. The molecule has 2 aliphatic heterocycles. The molecule has 15 heteroatoms. The average molecular weight is 622 g/mol. The van der Waals surface area contributed by atoms with Crippen molar-refractivity contribution in [1.82, 2.24) is 9.66 Å². The maximum Gasteiger partial charge on any atom is 0.497 e. The highest BCUT2D eigenvalue weighted by Crippen LogP contribution is 2.36. The molecule has 0 radical (unpaired) electrons. The minimum absolute atomic E-state index is 0.0150. The first-order valence-electron chi connectivity index (χ1n) is 12.5. The zero-order valence-electron chi connectivity index (χ0n) is 21.8. The van der Waals surface area contributed by atoms with Crippen molar-refractivity contribution in [1.29, 1.82) is 0 Å². The van der Waals surface area contributed by atoms with E-state index in [1.165, 1.54) is 35.2 Å². The number of para-hydroxylation sites is 1. The molecule has 0 N–H and O–H groups in total. The van der Waals surface area contributed by atoms with E-state index in [0.717, 1.165) is 35.2 Å². The Balaban J connectivity index is 1.43. The minimum Gasteiger partial charge on any atom is -0.327 e. The van der Waals surface area contributed by atoms with Gasteiger partial charge in [0.25, 0.3) is 5.91 Å². The maximum atomic E-state index is 14.9. The van der Waals surface area contributed by atoms with Crippen LogP contribution in [0.5, 0.6) is 0 Å². The Kier molecular flexibility index (Phi) is 7.75. The summed E-state index contributed by atoms with van der Waals surface area (Å²) in [7, 11) is 0. The highest BCUT2D eigenvalue weighted by atomic mass is 35.5. The standard InChI is InChI=1S/C28H19ClF5N4O5/c29-20-12-17(30)6-8-22(20)37-10-9-36(14-25(37)40)26(41)19-11-16(5-7-21(19)31)15-38(43-27(42)28(32,33)34)23-4-2-1-3-18(23)24(39)13-35-38/h1-8,11-13H,9-10,14-15H2/q+1. The van der Waals surface area contributed by atoms with Crippen molar-refractivity contribution in [2.75, 3.05) is 24.5 Å². The van der Waals surface area contributed by atoms with E-state index >= 15 is 0 Å². The van der Waals surface area contributed by atoms with Crippen LogP contribution in [0.2, 0.25) is 5.02 Å². The number of carbonyl (C=O) groups is 4. The van der Waals surface area contributed by atoms with E-state index in [0.29, 0.717) is 6.21 Å². The van der Waals surface area contributed by atoms with Gasteiger partial charge in [0.15, 0.2) is 6.54 Å². The highest BCUT2D eigenvalue weighted by molar-refractivity contribution is 6.37. The lowest BCUT2D eigenvalue weighted by atomic mass is 10.0. The van der Waals surface area contributed by atoms with Crippen LogP contribution in [-0.2, 0) is 21.0 Å². The van der Waals surface area contributed by atoms with Crippen molar-refractivity contribution < 1.29 is 46.0 Å². The number of hydroxylamine groups is 1. The fourth-order valence-electron chi connectivity index (χ4n) is 4.74. The van der Waals surface area contributed by atoms with Gasteiger partial charge in [-0.25, -0.2) is 18.4 Å². The Morgan fingerprint density at radius 2 is 1.74 bits per heavy atom. The summed E-state index contributed by atoms with van der Waals surface area (Å²) in [6, 6.07) is 12.0. The van der Waals surface area contributed by atoms with Crippen LogP contribution in [0.15, 0.2) is 65.8 Å². The molecule has 2 heterocycles. The third-order valence-electron chi connectivity index (χ3n) is 6.74. The van der Waals surface area contributed by atoms with E-state index in [4.69, 9.17) is 16.4 Å². The molecule has 0 spiro atoms. The minimum atomic E-state index is -5.41. The van der Waals surface area contributed by atoms with Crippen molar-refractivity contribution in [2.24, 2.45) is 5.10 Å². The molecule has 222 valence electrons. The SMILES string of the molecule is O=C1C=N[N+](Cc2ccc(F)c(C(=O)N3CCN(c4ccc(F)cc4Cl)C(=O)C3)c2)(OC(=O)C(F)(F)F)c2ccccc21. The van der Waals surface area contributed by atoms with E-state index in [1.807, 2.05) is 0 Å². The number of benzene rings is 3. The number of fused-ring (bicyclic) bond motifs is 1. The Bertz CT molecular complexity index is 1700. The Morgan fingerprint density at radius 3 is 2.44 bits per heavy atom. The summed E-state index contributed by atoms with van der Waals surface area (Å²) in [5, 5.41) is 3.81. The average Bonchev–Trinajstić information content (AvgIpc) is 2.96. The van der Waals surface area contributed by atoms with Gasteiger partial charge in [-0.15, -0.1) is 0 Å². The normalized spacial score (nSPS) is 18.5. The second kappa shape index (κ2) is 11.2.